The van der Waals surface area contributed by atoms with E-state index >= 15 is 0 Å². The molecule has 0 aliphatic carbocycles. The van der Waals surface area contributed by atoms with Crippen molar-refractivity contribution in [3.05, 3.63) is 62.9 Å². The second-order valence-corrected chi connectivity index (χ2v) is 5.60. The van der Waals surface area contributed by atoms with Crippen molar-refractivity contribution in [3.8, 4) is 5.75 Å². The van der Waals surface area contributed by atoms with E-state index in [2.05, 4.69) is 10.1 Å². The number of hydrogen-bond acceptors (Lipinski definition) is 4. The van der Waals surface area contributed by atoms with E-state index in [9.17, 15) is 27.6 Å². The zero-order chi connectivity index (χ0) is 20.2. The van der Waals surface area contributed by atoms with Gasteiger partial charge in [0.2, 0.25) is 5.91 Å². The summed E-state index contributed by atoms with van der Waals surface area (Å²) in [4.78, 5) is 35.5. The molecule has 144 valence electrons. The Morgan fingerprint density at radius 1 is 1.26 bits per heavy atom. The summed E-state index contributed by atoms with van der Waals surface area (Å²) in [6.07, 6.45) is -0.866. The topological polar surface area (TPSA) is 82.3 Å². The number of alkyl halides is 3. The Morgan fingerprint density at radius 2 is 1.96 bits per heavy atom. The summed E-state index contributed by atoms with van der Waals surface area (Å²) in [6, 6.07) is 5.46. The lowest BCUT2D eigenvalue weighted by atomic mass is 10.2. The van der Waals surface area contributed by atoms with Crippen LogP contribution in [-0.4, -0.2) is 27.8 Å². The van der Waals surface area contributed by atoms with Crippen LogP contribution >= 0.6 is 0 Å². The number of rotatable bonds is 5. The SMILES string of the molecule is Cn1cc(/C=C/C(=O)Nc2cccc(OCC(F)(F)F)c2)c(=O)n(C)c1=O. The maximum Gasteiger partial charge on any atom is 0.422 e. The zero-order valence-electron chi connectivity index (χ0n) is 14.4. The van der Waals surface area contributed by atoms with Crippen molar-refractivity contribution in [2.45, 2.75) is 6.18 Å². The Hall–Kier alpha value is -3.30. The predicted molar refractivity (Wildman–Crippen MR) is 92.6 cm³/mol. The first-order valence-corrected chi connectivity index (χ1v) is 7.62. The standard InChI is InChI=1S/C17H16F3N3O4/c1-22-9-11(15(25)23(2)16(22)26)6-7-14(24)21-12-4-3-5-13(8-12)27-10-17(18,19)20/h3-9H,10H2,1-2H3,(H,21,24)/b7-6+. The molecule has 0 aliphatic heterocycles. The second kappa shape index (κ2) is 7.94. The highest BCUT2D eigenvalue weighted by molar-refractivity contribution is 6.01. The van der Waals surface area contributed by atoms with Gasteiger partial charge in [0.25, 0.3) is 5.56 Å². The minimum absolute atomic E-state index is 0.0546. The van der Waals surface area contributed by atoms with Crippen LogP contribution < -0.4 is 21.3 Å². The van der Waals surface area contributed by atoms with Gasteiger partial charge >= 0.3 is 11.9 Å². The lowest BCUT2D eigenvalue weighted by molar-refractivity contribution is -0.153. The van der Waals surface area contributed by atoms with Crippen LogP contribution in [0.25, 0.3) is 6.08 Å². The Kier molecular flexibility index (Phi) is 5.88. The van der Waals surface area contributed by atoms with E-state index in [0.717, 1.165) is 10.6 Å². The van der Waals surface area contributed by atoms with Gasteiger partial charge in [0, 0.05) is 38.1 Å². The summed E-state index contributed by atoms with van der Waals surface area (Å²) in [5.74, 6) is -0.667. The van der Waals surface area contributed by atoms with E-state index in [0.29, 0.717) is 0 Å². The molecule has 0 bridgehead atoms. The fourth-order valence-electron chi connectivity index (χ4n) is 2.13. The lowest BCUT2D eigenvalue weighted by Gasteiger charge is -2.10. The van der Waals surface area contributed by atoms with Gasteiger partial charge in [-0.2, -0.15) is 13.2 Å². The number of carbonyl (C=O) groups is 1. The van der Waals surface area contributed by atoms with Crippen LogP contribution in [-0.2, 0) is 18.9 Å². The van der Waals surface area contributed by atoms with Crippen LogP contribution in [0.5, 0.6) is 5.75 Å². The van der Waals surface area contributed by atoms with Crippen LogP contribution in [0.2, 0.25) is 0 Å². The summed E-state index contributed by atoms with van der Waals surface area (Å²) in [6.45, 7) is -1.44. The predicted octanol–water partition coefficient (Wildman–Crippen LogP) is 1.68. The molecule has 2 rings (SSSR count). The molecule has 0 spiro atoms. The molecule has 0 saturated heterocycles. The Bertz CT molecular complexity index is 990. The fourth-order valence-corrected chi connectivity index (χ4v) is 2.13. The largest absolute Gasteiger partial charge is 0.484 e. The first-order valence-electron chi connectivity index (χ1n) is 7.62. The fraction of sp³-hybridized carbons (Fsp3) is 0.235. The number of aryl methyl sites for hydroxylation is 1. The summed E-state index contributed by atoms with van der Waals surface area (Å²) in [7, 11) is 2.78. The van der Waals surface area contributed by atoms with Crippen molar-refractivity contribution < 1.29 is 22.7 Å². The molecule has 1 amide bonds. The molecule has 7 nitrogen and oxygen atoms in total. The summed E-state index contributed by atoms with van der Waals surface area (Å²) >= 11 is 0. The van der Waals surface area contributed by atoms with E-state index in [1.54, 1.807) is 0 Å². The minimum atomic E-state index is -4.47. The van der Waals surface area contributed by atoms with Gasteiger partial charge in [-0.25, -0.2) is 4.79 Å². The number of nitrogens with one attached hydrogen (secondary N) is 1. The third-order valence-electron chi connectivity index (χ3n) is 3.39. The van der Waals surface area contributed by atoms with Crippen LogP contribution in [0.1, 0.15) is 5.56 Å². The van der Waals surface area contributed by atoms with Crippen LogP contribution in [0.4, 0.5) is 18.9 Å². The maximum atomic E-state index is 12.2. The molecule has 1 heterocycles. The molecule has 0 saturated carbocycles. The molecular weight excluding hydrogens is 367 g/mol. The molecule has 1 aromatic heterocycles. The number of benzene rings is 1. The van der Waals surface area contributed by atoms with Crippen molar-refractivity contribution in [1.82, 2.24) is 9.13 Å². The maximum absolute atomic E-state index is 12.2. The van der Waals surface area contributed by atoms with Gasteiger partial charge in [0.1, 0.15) is 5.75 Å². The highest BCUT2D eigenvalue weighted by Gasteiger charge is 2.28. The average molecular weight is 383 g/mol. The first-order chi connectivity index (χ1) is 12.6. The number of nitrogens with zero attached hydrogens (tertiary/aromatic N) is 2. The zero-order valence-corrected chi connectivity index (χ0v) is 14.4. The smallest absolute Gasteiger partial charge is 0.422 e. The van der Waals surface area contributed by atoms with Gasteiger partial charge in [-0.15, -0.1) is 0 Å². The van der Waals surface area contributed by atoms with Gasteiger partial charge in [0.05, 0.1) is 5.56 Å². The van der Waals surface area contributed by atoms with E-state index < -0.39 is 29.9 Å². The van der Waals surface area contributed by atoms with E-state index in [1.165, 1.54) is 55.2 Å². The normalized spacial score (nSPS) is 11.6. The molecule has 0 unspecified atom stereocenters. The Morgan fingerprint density at radius 3 is 2.63 bits per heavy atom. The van der Waals surface area contributed by atoms with Crippen LogP contribution in [0, 0.1) is 0 Å². The minimum Gasteiger partial charge on any atom is -0.484 e. The number of amides is 1. The van der Waals surface area contributed by atoms with Crippen LogP contribution in [0.3, 0.4) is 0 Å². The first kappa shape index (κ1) is 20.0. The van der Waals surface area contributed by atoms with E-state index in [4.69, 9.17) is 0 Å². The third-order valence-corrected chi connectivity index (χ3v) is 3.39. The average Bonchev–Trinajstić information content (AvgIpc) is 2.60. The quantitative estimate of drug-likeness (QED) is 0.797. The number of halogens is 3. The molecule has 0 fully saturated rings. The summed E-state index contributed by atoms with van der Waals surface area (Å²) in [5, 5.41) is 2.45. The second-order valence-electron chi connectivity index (χ2n) is 5.60. The van der Waals surface area contributed by atoms with Gasteiger partial charge in [-0.05, 0) is 18.2 Å². The summed E-state index contributed by atoms with van der Waals surface area (Å²) in [5.41, 5.74) is -0.725. The third kappa shape index (κ3) is 5.59. The number of hydrogen-bond donors (Lipinski definition) is 1. The van der Waals surface area contributed by atoms with Crippen LogP contribution in [0.15, 0.2) is 46.1 Å². The van der Waals surface area contributed by atoms with Crippen molar-refractivity contribution in [1.29, 1.82) is 0 Å². The highest BCUT2D eigenvalue weighted by Crippen LogP contribution is 2.21. The molecule has 1 aromatic carbocycles. The number of aromatic nitrogens is 2. The summed E-state index contributed by atoms with van der Waals surface area (Å²) < 4.78 is 43.2. The Labute approximate surface area is 151 Å². The van der Waals surface area contributed by atoms with Gasteiger partial charge in [-0.1, -0.05) is 6.07 Å². The van der Waals surface area contributed by atoms with Gasteiger partial charge in [0.15, 0.2) is 6.61 Å². The van der Waals surface area contributed by atoms with E-state index in [-0.39, 0.29) is 17.0 Å². The molecule has 2 aromatic rings. The number of carbonyl (C=O) groups excluding carboxylic acids is 1. The van der Waals surface area contributed by atoms with Gasteiger partial charge in [-0.3, -0.25) is 14.2 Å². The van der Waals surface area contributed by atoms with Crippen molar-refractivity contribution >= 4 is 17.7 Å². The molecular formula is C17H16F3N3O4. The van der Waals surface area contributed by atoms with Crippen molar-refractivity contribution in [2.75, 3.05) is 11.9 Å². The molecule has 0 aliphatic rings. The monoisotopic (exact) mass is 383 g/mol. The molecule has 27 heavy (non-hydrogen) atoms. The molecule has 10 heteroatoms. The molecule has 1 N–H and O–H groups in total. The highest BCUT2D eigenvalue weighted by atomic mass is 19.4. The lowest BCUT2D eigenvalue weighted by Crippen LogP contribution is -2.37. The molecule has 0 atom stereocenters. The van der Waals surface area contributed by atoms with Gasteiger partial charge < -0.3 is 14.6 Å². The number of anilines is 1. The van der Waals surface area contributed by atoms with Crippen molar-refractivity contribution in [2.24, 2.45) is 14.1 Å². The van der Waals surface area contributed by atoms with Crippen molar-refractivity contribution in [3.63, 3.8) is 0 Å². The molecule has 0 radical (unpaired) electrons. The number of ether oxygens (including phenoxy) is 1. The Balaban J connectivity index is 2.09. The van der Waals surface area contributed by atoms with E-state index in [1.807, 2.05) is 0 Å².